The molecular formula is C29H33N5O3. The van der Waals surface area contributed by atoms with Gasteiger partial charge in [0.05, 0.1) is 19.1 Å². The molecule has 2 heterocycles. The van der Waals surface area contributed by atoms with Crippen LogP contribution in [0.5, 0.6) is 0 Å². The van der Waals surface area contributed by atoms with Crippen molar-refractivity contribution >= 4 is 23.3 Å². The second-order valence-electron chi connectivity index (χ2n) is 9.70. The van der Waals surface area contributed by atoms with Gasteiger partial charge in [0.15, 0.2) is 5.82 Å². The highest BCUT2D eigenvalue weighted by Gasteiger charge is 2.26. The standard InChI is InChI=1S/C29H33N5O3/c1-20(29(36)31-27-19-26(32-33-27)24-8-9-24)21-4-6-22(7-5-21)23-10-12-25(13-11-23)30-28(35)3-2-14-34-15-17-37-18-16-34/h2-7,10-13,19-20,24H,8-9,14-18H2,1H3,(H,30,35)(H2,31,32,33,36)/b3-2+/t20-/m0/s1. The highest BCUT2D eigenvalue weighted by atomic mass is 16.5. The van der Waals surface area contributed by atoms with Gasteiger partial charge in [-0.05, 0) is 48.6 Å². The minimum Gasteiger partial charge on any atom is -0.379 e. The van der Waals surface area contributed by atoms with Crippen LogP contribution in [0.3, 0.4) is 0 Å². The fourth-order valence-electron chi connectivity index (χ4n) is 4.38. The summed E-state index contributed by atoms with van der Waals surface area (Å²) in [4.78, 5) is 27.2. The summed E-state index contributed by atoms with van der Waals surface area (Å²) in [5, 5.41) is 13.0. The summed E-state index contributed by atoms with van der Waals surface area (Å²) in [7, 11) is 0. The minimum atomic E-state index is -0.302. The van der Waals surface area contributed by atoms with Gasteiger partial charge in [-0.3, -0.25) is 19.6 Å². The van der Waals surface area contributed by atoms with Crippen LogP contribution in [0.15, 0.2) is 66.7 Å². The topological polar surface area (TPSA) is 99.3 Å². The van der Waals surface area contributed by atoms with Crippen LogP contribution in [0.4, 0.5) is 11.5 Å². The van der Waals surface area contributed by atoms with E-state index in [2.05, 4.69) is 25.7 Å². The molecule has 5 rings (SSSR count). The van der Waals surface area contributed by atoms with E-state index in [0.29, 0.717) is 11.7 Å². The van der Waals surface area contributed by atoms with Crippen molar-refractivity contribution in [1.29, 1.82) is 0 Å². The Morgan fingerprint density at radius 3 is 2.41 bits per heavy atom. The number of ether oxygens (including phenoxy) is 1. The summed E-state index contributed by atoms with van der Waals surface area (Å²) in [5.74, 6) is 0.618. The third kappa shape index (κ3) is 6.72. The Kier molecular flexibility index (Phi) is 7.77. The van der Waals surface area contributed by atoms with Gasteiger partial charge in [0.1, 0.15) is 0 Å². The number of benzene rings is 2. The molecule has 192 valence electrons. The Hall–Kier alpha value is -3.75. The van der Waals surface area contributed by atoms with E-state index in [1.54, 1.807) is 6.08 Å². The summed E-state index contributed by atoms with van der Waals surface area (Å²) in [6, 6.07) is 17.7. The first-order valence-electron chi connectivity index (χ1n) is 12.9. The first-order chi connectivity index (χ1) is 18.0. The smallest absolute Gasteiger partial charge is 0.248 e. The van der Waals surface area contributed by atoms with Gasteiger partial charge in [-0.25, -0.2) is 0 Å². The molecule has 37 heavy (non-hydrogen) atoms. The minimum absolute atomic E-state index is 0.0827. The third-order valence-corrected chi connectivity index (χ3v) is 6.89. The molecule has 8 heteroatoms. The number of amides is 2. The van der Waals surface area contributed by atoms with Gasteiger partial charge in [-0.1, -0.05) is 42.5 Å². The van der Waals surface area contributed by atoms with Crippen LogP contribution in [0.25, 0.3) is 11.1 Å². The molecule has 2 aliphatic rings. The molecule has 2 amide bonds. The quantitative estimate of drug-likeness (QED) is 0.376. The highest BCUT2D eigenvalue weighted by molar-refractivity contribution is 5.99. The zero-order valence-corrected chi connectivity index (χ0v) is 21.1. The number of anilines is 2. The Morgan fingerprint density at radius 2 is 1.73 bits per heavy atom. The molecule has 0 unspecified atom stereocenters. The summed E-state index contributed by atoms with van der Waals surface area (Å²) in [6.45, 7) is 5.92. The van der Waals surface area contributed by atoms with Gasteiger partial charge in [0.25, 0.3) is 0 Å². The molecule has 0 radical (unpaired) electrons. The molecule has 0 spiro atoms. The van der Waals surface area contributed by atoms with Gasteiger partial charge < -0.3 is 15.4 Å². The third-order valence-electron chi connectivity index (χ3n) is 6.89. The molecule has 1 aliphatic carbocycles. The molecule has 1 saturated heterocycles. The number of morpholine rings is 1. The molecule has 3 N–H and O–H groups in total. The predicted octanol–water partition coefficient (Wildman–Crippen LogP) is 4.52. The van der Waals surface area contributed by atoms with Crippen LogP contribution in [-0.2, 0) is 14.3 Å². The molecule has 2 aromatic carbocycles. The van der Waals surface area contributed by atoms with Crippen molar-refractivity contribution in [2.24, 2.45) is 0 Å². The molecule has 1 saturated carbocycles. The Bertz CT molecular complexity index is 1240. The molecule has 2 fully saturated rings. The average Bonchev–Trinajstić information content (AvgIpc) is 3.68. The largest absolute Gasteiger partial charge is 0.379 e. The lowest BCUT2D eigenvalue weighted by Gasteiger charge is -2.25. The highest BCUT2D eigenvalue weighted by Crippen LogP contribution is 2.39. The van der Waals surface area contributed by atoms with E-state index >= 15 is 0 Å². The number of hydrogen-bond acceptors (Lipinski definition) is 5. The Labute approximate surface area is 217 Å². The number of nitrogens with one attached hydrogen (secondary N) is 3. The maximum absolute atomic E-state index is 12.7. The van der Waals surface area contributed by atoms with Gasteiger partial charge in [-0.15, -0.1) is 0 Å². The average molecular weight is 500 g/mol. The lowest BCUT2D eigenvalue weighted by atomic mass is 9.97. The normalized spacial score (nSPS) is 17.0. The second kappa shape index (κ2) is 11.5. The number of aromatic amines is 1. The number of aromatic nitrogens is 2. The number of H-pyrrole nitrogens is 1. The van der Waals surface area contributed by atoms with Crippen LogP contribution in [0.2, 0.25) is 0 Å². The molecule has 1 aliphatic heterocycles. The first-order valence-corrected chi connectivity index (χ1v) is 12.9. The van der Waals surface area contributed by atoms with Crippen molar-refractivity contribution in [2.45, 2.75) is 31.6 Å². The van der Waals surface area contributed by atoms with E-state index in [4.69, 9.17) is 4.74 Å². The van der Waals surface area contributed by atoms with E-state index < -0.39 is 0 Å². The van der Waals surface area contributed by atoms with Crippen molar-refractivity contribution in [1.82, 2.24) is 15.1 Å². The van der Waals surface area contributed by atoms with Crippen molar-refractivity contribution in [3.63, 3.8) is 0 Å². The first kappa shape index (κ1) is 24.9. The van der Waals surface area contributed by atoms with E-state index in [1.807, 2.05) is 67.6 Å². The summed E-state index contributed by atoms with van der Waals surface area (Å²) in [6.07, 6.45) is 5.83. The molecule has 3 aromatic rings. The number of hydrogen-bond donors (Lipinski definition) is 3. The van der Waals surface area contributed by atoms with Crippen molar-refractivity contribution in [3.05, 3.63) is 78.0 Å². The van der Waals surface area contributed by atoms with Crippen LogP contribution in [0.1, 0.15) is 42.9 Å². The molecule has 1 aromatic heterocycles. The van der Waals surface area contributed by atoms with E-state index in [1.165, 1.54) is 12.8 Å². The maximum Gasteiger partial charge on any atom is 0.248 e. The zero-order valence-electron chi connectivity index (χ0n) is 21.1. The number of carbonyl (C=O) groups is 2. The van der Waals surface area contributed by atoms with E-state index in [0.717, 1.165) is 60.9 Å². The zero-order chi connectivity index (χ0) is 25.6. The Morgan fingerprint density at radius 1 is 1.05 bits per heavy atom. The summed E-state index contributed by atoms with van der Waals surface area (Å²) in [5.41, 5.74) is 4.86. The molecule has 0 bridgehead atoms. The van der Waals surface area contributed by atoms with E-state index in [9.17, 15) is 9.59 Å². The van der Waals surface area contributed by atoms with Gasteiger partial charge in [0.2, 0.25) is 11.8 Å². The lowest BCUT2D eigenvalue weighted by Crippen LogP contribution is -2.36. The summed E-state index contributed by atoms with van der Waals surface area (Å²) < 4.78 is 5.34. The molecule has 8 nitrogen and oxygen atoms in total. The van der Waals surface area contributed by atoms with Crippen LogP contribution in [-0.4, -0.2) is 59.8 Å². The second-order valence-corrected chi connectivity index (χ2v) is 9.70. The van der Waals surface area contributed by atoms with Crippen LogP contribution in [0, 0.1) is 0 Å². The van der Waals surface area contributed by atoms with Crippen molar-refractivity contribution in [3.8, 4) is 11.1 Å². The maximum atomic E-state index is 12.7. The fourth-order valence-corrected chi connectivity index (χ4v) is 4.38. The Balaban J connectivity index is 1.12. The predicted molar refractivity (Wildman–Crippen MR) is 145 cm³/mol. The van der Waals surface area contributed by atoms with Crippen molar-refractivity contribution < 1.29 is 14.3 Å². The summed E-state index contributed by atoms with van der Waals surface area (Å²) >= 11 is 0. The molecular weight excluding hydrogens is 466 g/mol. The fraction of sp³-hybridized carbons (Fsp3) is 0.345. The van der Waals surface area contributed by atoms with Gasteiger partial charge in [0, 0.05) is 49.1 Å². The number of carbonyl (C=O) groups excluding carboxylic acids is 2. The number of rotatable bonds is 9. The monoisotopic (exact) mass is 499 g/mol. The van der Waals surface area contributed by atoms with Gasteiger partial charge in [-0.2, -0.15) is 5.10 Å². The number of nitrogens with zero attached hydrogens (tertiary/aromatic N) is 2. The van der Waals surface area contributed by atoms with E-state index in [-0.39, 0.29) is 17.7 Å². The van der Waals surface area contributed by atoms with Crippen LogP contribution < -0.4 is 10.6 Å². The molecule has 1 atom stereocenters. The lowest BCUT2D eigenvalue weighted by molar-refractivity contribution is -0.117. The SMILES string of the molecule is C[C@H](C(=O)Nc1cc(C2CC2)[nH]n1)c1ccc(-c2ccc(NC(=O)/C=C/CN3CCOCC3)cc2)cc1. The van der Waals surface area contributed by atoms with Crippen LogP contribution >= 0.6 is 0 Å². The van der Waals surface area contributed by atoms with Gasteiger partial charge >= 0.3 is 0 Å². The van der Waals surface area contributed by atoms with Crippen molar-refractivity contribution in [2.75, 3.05) is 43.5 Å².